The van der Waals surface area contributed by atoms with E-state index in [-0.39, 0.29) is 11.1 Å². The fourth-order valence-electron chi connectivity index (χ4n) is 2.31. The summed E-state index contributed by atoms with van der Waals surface area (Å²) < 4.78 is 28.5. The second-order valence-electron chi connectivity index (χ2n) is 4.82. The van der Waals surface area contributed by atoms with E-state index < -0.39 is 11.6 Å². The minimum Gasteiger partial charge on any atom is -0.327 e. The van der Waals surface area contributed by atoms with Crippen LogP contribution in [0.4, 0.5) is 8.78 Å². The number of fused-ring (bicyclic) bond motifs is 1. The number of hydrogen-bond acceptors (Lipinski definition) is 2. The van der Waals surface area contributed by atoms with Crippen LogP contribution in [0.25, 0.3) is 22.7 Å². The van der Waals surface area contributed by atoms with Crippen LogP contribution in [-0.2, 0) is 7.05 Å². The highest BCUT2D eigenvalue weighted by molar-refractivity contribution is 5.90. The van der Waals surface area contributed by atoms with E-state index in [1.165, 1.54) is 12.1 Å². The van der Waals surface area contributed by atoms with Crippen LogP contribution in [0.3, 0.4) is 0 Å². The van der Waals surface area contributed by atoms with Gasteiger partial charge >= 0.3 is 0 Å². The molecule has 1 aromatic heterocycles. The van der Waals surface area contributed by atoms with Gasteiger partial charge in [0.2, 0.25) is 0 Å². The molecule has 5 heteroatoms. The maximum absolute atomic E-state index is 13.7. The predicted octanol–water partition coefficient (Wildman–Crippen LogP) is 3.92. The molecule has 0 fully saturated rings. The molecule has 3 aromatic rings. The summed E-state index contributed by atoms with van der Waals surface area (Å²) in [7, 11) is 1.79. The molecule has 0 aliphatic rings. The molecule has 0 aliphatic heterocycles. The molecule has 0 aliphatic carbocycles. The Hall–Kier alpha value is -3.00. The van der Waals surface area contributed by atoms with Crippen LogP contribution >= 0.6 is 0 Å². The van der Waals surface area contributed by atoms with Gasteiger partial charge in [-0.05, 0) is 30.3 Å². The average molecular weight is 295 g/mol. The Morgan fingerprint density at radius 1 is 1.23 bits per heavy atom. The fourth-order valence-corrected chi connectivity index (χ4v) is 2.31. The highest BCUT2D eigenvalue weighted by atomic mass is 19.1. The molecule has 0 unspecified atom stereocenters. The van der Waals surface area contributed by atoms with Crippen LogP contribution in [0.5, 0.6) is 0 Å². The quantitative estimate of drug-likeness (QED) is 0.672. The Bertz CT molecular complexity index is 933. The standard InChI is InChI=1S/C17H11F2N3/c1-22-16-5-3-2-4-15(16)21-17(22)12(10-20)8-11-6-7-13(18)9-14(11)19/h2-9H,1H3/b12-8+. The molecule has 0 saturated carbocycles. The summed E-state index contributed by atoms with van der Waals surface area (Å²) in [6.45, 7) is 0. The summed E-state index contributed by atoms with van der Waals surface area (Å²) in [6, 6.07) is 12.7. The van der Waals surface area contributed by atoms with Gasteiger partial charge in [-0.25, -0.2) is 13.8 Å². The summed E-state index contributed by atoms with van der Waals surface area (Å²) in [5.41, 5.74) is 1.98. The molecule has 0 N–H and O–H groups in total. The van der Waals surface area contributed by atoms with E-state index in [0.29, 0.717) is 5.82 Å². The molecule has 0 bridgehead atoms. The summed E-state index contributed by atoms with van der Waals surface area (Å²) in [5, 5.41) is 9.37. The van der Waals surface area contributed by atoms with E-state index in [0.717, 1.165) is 23.2 Å². The number of hydrogen-bond donors (Lipinski definition) is 0. The van der Waals surface area contributed by atoms with Crippen molar-refractivity contribution in [2.75, 3.05) is 0 Å². The van der Waals surface area contributed by atoms with Gasteiger partial charge in [0.15, 0.2) is 5.82 Å². The number of aryl methyl sites for hydroxylation is 1. The number of rotatable bonds is 2. The van der Waals surface area contributed by atoms with Gasteiger partial charge in [-0.15, -0.1) is 0 Å². The number of halogens is 2. The average Bonchev–Trinajstić information content (AvgIpc) is 2.84. The summed E-state index contributed by atoms with van der Waals surface area (Å²) >= 11 is 0. The van der Waals surface area contributed by atoms with Gasteiger partial charge in [0.05, 0.1) is 16.6 Å². The van der Waals surface area contributed by atoms with Crippen LogP contribution in [-0.4, -0.2) is 9.55 Å². The molecule has 0 saturated heterocycles. The largest absolute Gasteiger partial charge is 0.327 e. The zero-order valence-electron chi connectivity index (χ0n) is 11.7. The minimum atomic E-state index is -0.716. The van der Waals surface area contributed by atoms with Crippen molar-refractivity contribution in [3.8, 4) is 6.07 Å². The highest BCUT2D eigenvalue weighted by Crippen LogP contribution is 2.23. The lowest BCUT2D eigenvalue weighted by atomic mass is 10.1. The molecule has 0 radical (unpaired) electrons. The Balaban J connectivity index is 2.16. The van der Waals surface area contributed by atoms with Crippen LogP contribution in [0.1, 0.15) is 11.4 Å². The van der Waals surface area contributed by atoms with Crippen LogP contribution < -0.4 is 0 Å². The third-order valence-electron chi connectivity index (χ3n) is 3.41. The predicted molar refractivity (Wildman–Crippen MR) is 80.6 cm³/mol. The topological polar surface area (TPSA) is 41.6 Å². The van der Waals surface area contributed by atoms with E-state index >= 15 is 0 Å². The van der Waals surface area contributed by atoms with E-state index in [2.05, 4.69) is 4.98 Å². The lowest BCUT2D eigenvalue weighted by Crippen LogP contribution is -1.96. The van der Waals surface area contributed by atoms with Gasteiger partial charge in [-0.1, -0.05) is 12.1 Å². The van der Waals surface area contributed by atoms with Crippen molar-refractivity contribution >= 4 is 22.7 Å². The number of allylic oxidation sites excluding steroid dienone is 1. The van der Waals surface area contributed by atoms with E-state index in [4.69, 9.17) is 0 Å². The van der Waals surface area contributed by atoms with Gasteiger partial charge in [-0.3, -0.25) is 0 Å². The van der Waals surface area contributed by atoms with Crippen molar-refractivity contribution in [1.29, 1.82) is 5.26 Å². The number of aromatic nitrogens is 2. The second kappa shape index (κ2) is 5.41. The van der Waals surface area contributed by atoms with Crippen molar-refractivity contribution in [3.05, 3.63) is 65.5 Å². The smallest absolute Gasteiger partial charge is 0.151 e. The first kappa shape index (κ1) is 14.0. The number of para-hydroxylation sites is 2. The van der Waals surface area contributed by atoms with Crippen LogP contribution in [0, 0.1) is 23.0 Å². The van der Waals surface area contributed by atoms with Crippen molar-refractivity contribution in [2.45, 2.75) is 0 Å². The van der Waals surface area contributed by atoms with Gasteiger partial charge in [0, 0.05) is 18.7 Å². The molecule has 1 heterocycles. The van der Waals surface area contributed by atoms with Crippen molar-refractivity contribution < 1.29 is 8.78 Å². The molecule has 0 amide bonds. The number of nitrogens with zero attached hydrogens (tertiary/aromatic N) is 3. The highest BCUT2D eigenvalue weighted by Gasteiger charge is 2.12. The van der Waals surface area contributed by atoms with Gasteiger partial charge in [-0.2, -0.15) is 5.26 Å². The molecule has 22 heavy (non-hydrogen) atoms. The molecular weight excluding hydrogens is 284 g/mol. The van der Waals surface area contributed by atoms with Crippen molar-refractivity contribution in [1.82, 2.24) is 9.55 Å². The maximum Gasteiger partial charge on any atom is 0.151 e. The normalized spacial score (nSPS) is 11.6. The van der Waals surface area contributed by atoms with Crippen molar-refractivity contribution in [3.63, 3.8) is 0 Å². The number of nitriles is 1. The Labute approximate surface area is 125 Å². The first-order chi connectivity index (χ1) is 10.6. The molecule has 108 valence electrons. The molecular formula is C17H11F2N3. The first-order valence-electron chi connectivity index (χ1n) is 6.59. The number of imidazole rings is 1. The van der Waals surface area contributed by atoms with Crippen LogP contribution in [0.15, 0.2) is 42.5 Å². The third kappa shape index (κ3) is 2.35. The third-order valence-corrected chi connectivity index (χ3v) is 3.41. The van der Waals surface area contributed by atoms with Crippen molar-refractivity contribution in [2.24, 2.45) is 7.05 Å². The number of benzene rings is 2. The second-order valence-corrected chi connectivity index (χ2v) is 4.82. The lowest BCUT2D eigenvalue weighted by Gasteiger charge is -2.02. The first-order valence-corrected chi connectivity index (χ1v) is 6.59. The molecule has 0 atom stereocenters. The molecule has 3 nitrogen and oxygen atoms in total. The SMILES string of the molecule is Cn1c(/C(C#N)=C/c2ccc(F)cc2F)nc2ccccc21. The minimum absolute atomic E-state index is 0.144. The van der Waals surface area contributed by atoms with E-state index in [1.807, 2.05) is 30.3 Å². The van der Waals surface area contributed by atoms with E-state index in [1.54, 1.807) is 11.6 Å². The lowest BCUT2D eigenvalue weighted by molar-refractivity contribution is 0.581. The summed E-state index contributed by atoms with van der Waals surface area (Å²) in [5.74, 6) is -0.935. The maximum atomic E-state index is 13.7. The fraction of sp³-hybridized carbons (Fsp3) is 0.0588. The van der Waals surface area contributed by atoms with E-state index in [9.17, 15) is 14.0 Å². The van der Waals surface area contributed by atoms with Gasteiger partial charge < -0.3 is 4.57 Å². The molecule has 2 aromatic carbocycles. The summed E-state index contributed by atoms with van der Waals surface area (Å²) in [4.78, 5) is 4.40. The zero-order valence-corrected chi connectivity index (χ0v) is 11.7. The van der Waals surface area contributed by atoms with Gasteiger partial charge in [0.25, 0.3) is 0 Å². The van der Waals surface area contributed by atoms with Gasteiger partial charge in [0.1, 0.15) is 17.7 Å². The van der Waals surface area contributed by atoms with Crippen LogP contribution in [0.2, 0.25) is 0 Å². The Morgan fingerprint density at radius 2 is 2.00 bits per heavy atom. The Kier molecular flexibility index (Phi) is 3.43. The Morgan fingerprint density at radius 3 is 2.68 bits per heavy atom. The monoisotopic (exact) mass is 295 g/mol. The summed E-state index contributed by atoms with van der Waals surface area (Å²) in [6.07, 6.45) is 1.37. The zero-order chi connectivity index (χ0) is 15.7. The molecule has 3 rings (SSSR count). The molecule has 0 spiro atoms.